The number of halogens is 1. The van der Waals surface area contributed by atoms with Gasteiger partial charge in [0, 0.05) is 11.1 Å². The fourth-order valence-corrected chi connectivity index (χ4v) is 2.47. The molecular formula is C16H16FN3O. The maximum Gasteiger partial charge on any atom is 0.132 e. The summed E-state index contributed by atoms with van der Waals surface area (Å²) in [6, 6.07) is 10.5. The summed E-state index contributed by atoms with van der Waals surface area (Å²) in [6.45, 7) is 1.90. The predicted octanol–water partition coefficient (Wildman–Crippen LogP) is 3.88. The summed E-state index contributed by atoms with van der Waals surface area (Å²) >= 11 is 0. The van der Waals surface area contributed by atoms with Crippen molar-refractivity contribution in [2.45, 2.75) is 13.0 Å². The third kappa shape index (κ3) is 2.54. The van der Waals surface area contributed by atoms with E-state index in [1.807, 2.05) is 25.1 Å². The maximum atomic E-state index is 14.1. The lowest BCUT2D eigenvalue weighted by molar-refractivity contribution is 0.402. The van der Waals surface area contributed by atoms with Crippen LogP contribution in [0.3, 0.4) is 0 Å². The van der Waals surface area contributed by atoms with Crippen molar-refractivity contribution in [1.82, 2.24) is 10.2 Å². The Balaban J connectivity index is 1.90. The normalized spacial score (nSPS) is 12.3. The molecule has 2 aromatic carbocycles. The predicted molar refractivity (Wildman–Crippen MR) is 81.1 cm³/mol. The van der Waals surface area contributed by atoms with E-state index < -0.39 is 0 Å². The molecule has 4 nitrogen and oxygen atoms in total. The van der Waals surface area contributed by atoms with Crippen LogP contribution in [-0.2, 0) is 0 Å². The second-order valence-corrected chi connectivity index (χ2v) is 4.89. The highest BCUT2D eigenvalue weighted by Crippen LogP contribution is 2.30. The molecule has 5 heteroatoms. The number of nitrogens with zero attached hydrogens (tertiary/aromatic N) is 1. The number of H-pyrrole nitrogens is 1. The second-order valence-electron chi connectivity index (χ2n) is 4.89. The molecule has 0 radical (unpaired) electrons. The highest BCUT2D eigenvalue weighted by atomic mass is 19.1. The van der Waals surface area contributed by atoms with E-state index in [1.165, 1.54) is 6.07 Å². The molecule has 1 heterocycles. The molecule has 0 fully saturated rings. The van der Waals surface area contributed by atoms with Gasteiger partial charge in [-0.3, -0.25) is 5.10 Å². The number of benzene rings is 2. The van der Waals surface area contributed by atoms with Crippen LogP contribution >= 0.6 is 0 Å². The van der Waals surface area contributed by atoms with Crippen LogP contribution in [0, 0.1) is 5.82 Å². The average molecular weight is 285 g/mol. The number of hydrogen-bond donors (Lipinski definition) is 2. The Hall–Kier alpha value is -2.56. The number of methoxy groups -OCH3 is 1. The van der Waals surface area contributed by atoms with Crippen LogP contribution in [0.2, 0.25) is 0 Å². The average Bonchev–Trinajstić information content (AvgIpc) is 2.94. The molecule has 1 aromatic heterocycles. The summed E-state index contributed by atoms with van der Waals surface area (Å²) in [5.74, 6) is 0.262. The first kappa shape index (κ1) is 13.4. The molecular weight excluding hydrogens is 269 g/mol. The van der Waals surface area contributed by atoms with Gasteiger partial charge in [0.05, 0.1) is 30.4 Å². The smallest absolute Gasteiger partial charge is 0.132 e. The number of rotatable bonds is 4. The van der Waals surface area contributed by atoms with Gasteiger partial charge in [0.2, 0.25) is 0 Å². The van der Waals surface area contributed by atoms with E-state index in [0.717, 1.165) is 16.6 Å². The molecule has 3 rings (SSSR count). The summed E-state index contributed by atoms with van der Waals surface area (Å²) in [4.78, 5) is 0. The SMILES string of the molecule is COc1cccc(F)c1C(C)Nc1ccc2[nH]ncc2c1. The van der Waals surface area contributed by atoms with Gasteiger partial charge in [0.15, 0.2) is 0 Å². The monoisotopic (exact) mass is 285 g/mol. The maximum absolute atomic E-state index is 14.1. The number of ether oxygens (including phenoxy) is 1. The summed E-state index contributed by atoms with van der Waals surface area (Å²) in [6.07, 6.45) is 1.76. The van der Waals surface area contributed by atoms with Crippen LogP contribution in [-0.4, -0.2) is 17.3 Å². The van der Waals surface area contributed by atoms with Gasteiger partial charge in [-0.05, 0) is 37.3 Å². The van der Waals surface area contributed by atoms with E-state index in [2.05, 4.69) is 15.5 Å². The van der Waals surface area contributed by atoms with E-state index in [4.69, 9.17) is 4.74 Å². The van der Waals surface area contributed by atoms with Crippen molar-refractivity contribution in [3.05, 3.63) is 54.0 Å². The highest BCUT2D eigenvalue weighted by Gasteiger charge is 2.16. The fourth-order valence-electron chi connectivity index (χ4n) is 2.47. The van der Waals surface area contributed by atoms with Crippen LogP contribution in [0.5, 0.6) is 5.75 Å². The summed E-state index contributed by atoms with van der Waals surface area (Å²) in [7, 11) is 1.54. The van der Waals surface area contributed by atoms with Gasteiger partial charge >= 0.3 is 0 Å². The van der Waals surface area contributed by atoms with Gasteiger partial charge in [-0.1, -0.05) is 6.07 Å². The Morgan fingerprint density at radius 3 is 2.95 bits per heavy atom. The number of anilines is 1. The Labute approximate surface area is 121 Å². The molecule has 0 saturated carbocycles. The number of hydrogen-bond acceptors (Lipinski definition) is 3. The molecule has 0 saturated heterocycles. The first-order chi connectivity index (χ1) is 10.2. The van der Waals surface area contributed by atoms with Crippen molar-refractivity contribution < 1.29 is 9.13 Å². The lowest BCUT2D eigenvalue weighted by Gasteiger charge is -2.19. The second kappa shape index (κ2) is 5.44. The molecule has 0 bridgehead atoms. The minimum absolute atomic E-state index is 0.217. The van der Waals surface area contributed by atoms with E-state index in [9.17, 15) is 4.39 Å². The number of nitrogens with one attached hydrogen (secondary N) is 2. The van der Waals surface area contributed by atoms with Gasteiger partial charge in [0.1, 0.15) is 11.6 Å². The number of aromatic nitrogens is 2. The standard InChI is InChI=1S/C16H16FN3O/c1-10(16-13(17)4-3-5-15(16)21-2)19-12-6-7-14-11(8-12)9-18-20-14/h3-10,19H,1-2H3,(H,18,20). The quantitative estimate of drug-likeness (QED) is 0.764. The van der Waals surface area contributed by atoms with Crippen molar-refractivity contribution in [3.8, 4) is 5.75 Å². The van der Waals surface area contributed by atoms with Crippen molar-refractivity contribution in [1.29, 1.82) is 0 Å². The van der Waals surface area contributed by atoms with Crippen LogP contribution in [0.1, 0.15) is 18.5 Å². The molecule has 21 heavy (non-hydrogen) atoms. The van der Waals surface area contributed by atoms with Crippen molar-refractivity contribution in [2.24, 2.45) is 0 Å². The highest BCUT2D eigenvalue weighted by molar-refractivity contribution is 5.81. The lowest BCUT2D eigenvalue weighted by atomic mass is 10.1. The van der Waals surface area contributed by atoms with Crippen LogP contribution in [0.25, 0.3) is 10.9 Å². The first-order valence-corrected chi connectivity index (χ1v) is 6.71. The number of aromatic amines is 1. The minimum atomic E-state index is -0.279. The van der Waals surface area contributed by atoms with Crippen LogP contribution < -0.4 is 10.1 Å². The largest absolute Gasteiger partial charge is 0.496 e. The molecule has 0 spiro atoms. The lowest BCUT2D eigenvalue weighted by Crippen LogP contribution is -2.10. The summed E-state index contributed by atoms with van der Waals surface area (Å²) < 4.78 is 19.3. The molecule has 3 aromatic rings. The Bertz CT molecular complexity index is 769. The third-order valence-corrected chi connectivity index (χ3v) is 3.49. The zero-order valence-corrected chi connectivity index (χ0v) is 11.9. The van der Waals surface area contributed by atoms with Crippen molar-refractivity contribution in [3.63, 3.8) is 0 Å². The summed E-state index contributed by atoms with van der Waals surface area (Å²) in [5.41, 5.74) is 2.39. The molecule has 0 aliphatic carbocycles. The Kier molecular flexibility index (Phi) is 3.48. The molecule has 0 amide bonds. The Morgan fingerprint density at radius 2 is 2.14 bits per heavy atom. The first-order valence-electron chi connectivity index (χ1n) is 6.71. The third-order valence-electron chi connectivity index (χ3n) is 3.49. The summed E-state index contributed by atoms with van der Waals surface area (Å²) in [5, 5.41) is 11.2. The van der Waals surface area contributed by atoms with Crippen LogP contribution in [0.15, 0.2) is 42.6 Å². The fraction of sp³-hybridized carbons (Fsp3) is 0.188. The minimum Gasteiger partial charge on any atom is -0.496 e. The molecule has 2 N–H and O–H groups in total. The van der Waals surface area contributed by atoms with Gasteiger partial charge in [-0.15, -0.1) is 0 Å². The molecule has 1 atom stereocenters. The van der Waals surface area contributed by atoms with E-state index in [0.29, 0.717) is 11.3 Å². The number of fused-ring (bicyclic) bond motifs is 1. The van der Waals surface area contributed by atoms with Gasteiger partial charge in [0.25, 0.3) is 0 Å². The molecule has 0 aliphatic heterocycles. The van der Waals surface area contributed by atoms with E-state index in [-0.39, 0.29) is 11.9 Å². The molecule has 0 aliphatic rings. The van der Waals surface area contributed by atoms with Crippen molar-refractivity contribution in [2.75, 3.05) is 12.4 Å². The van der Waals surface area contributed by atoms with Gasteiger partial charge in [-0.25, -0.2) is 4.39 Å². The van der Waals surface area contributed by atoms with E-state index in [1.54, 1.807) is 25.4 Å². The van der Waals surface area contributed by atoms with Gasteiger partial charge < -0.3 is 10.1 Å². The Morgan fingerprint density at radius 1 is 1.29 bits per heavy atom. The van der Waals surface area contributed by atoms with Crippen LogP contribution in [0.4, 0.5) is 10.1 Å². The molecule has 108 valence electrons. The molecule has 1 unspecified atom stereocenters. The van der Waals surface area contributed by atoms with Gasteiger partial charge in [-0.2, -0.15) is 5.10 Å². The van der Waals surface area contributed by atoms with E-state index >= 15 is 0 Å². The zero-order valence-electron chi connectivity index (χ0n) is 11.9. The zero-order chi connectivity index (χ0) is 14.8. The van der Waals surface area contributed by atoms with Crippen molar-refractivity contribution >= 4 is 16.6 Å². The topological polar surface area (TPSA) is 49.9 Å².